The first-order valence-electron chi connectivity index (χ1n) is 9.19. The van der Waals surface area contributed by atoms with E-state index in [1.165, 1.54) is 0 Å². The normalized spacial score (nSPS) is 11.4. The number of benzene rings is 1. The molecule has 0 aliphatic carbocycles. The van der Waals surface area contributed by atoms with E-state index in [4.69, 9.17) is 16.3 Å². The lowest BCUT2D eigenvalue weighted by Crippen LogP contribution is -2.24. The molecule has 2 rings (SSSR count). The second kappa shape index (κ2) is 9.60. The van der Waals surface area contributed by atoms with Crippen molar-refractivity contribution in [2.24, 2.45) is 5.92 Å². The van der Waals surface area contributed by atoms with Gasteiger partial charge in [0.1, 0.15) is 10.9 Å². The van der Waals surface area contributed by atoms with Gasteiger partial charge in [-0.3, -0.25) is 9.48 Å². The Bertz CT molecular complexity index is 795. The lowest BCUT2D eigenvalue weighted by molar-refractivity contribution is -0.125. The molecular formula is C21H28ClN3O2. The molecule has 6 heteroatoms. The number of hydrogen-bond donors (Lipinski definition) is 0. The van der Waals surface area contributed by atoms with Gasteiger partial charge in [0.25, 0.3) is 0 Å². The minimum atomic E-state index is -0.0871. The van der Waals surface area contributed by atoms with Gasteiger partial charge in [0, 0.05) is 31.8 Å². The molecule has 0 radical (unpaired) electrons. The van der Waals surface area contributed by atoms with E-state index in [1.807, 2.05) is 38.1 Å². The molecule has 0 saturated heterocycles. The number of halogens is 1. The van der Waals surface area contributed by atoms with Crippen molar-refractivity contribution in [2.75, 3.05) is 13.7 Å². The summed E-state index contributed by atoms with van der Waals surface area (Å²) in [5, 5.41) is 5.03. The van der Waals surface area contributed by atoms with E-state index in [9.17, 15) is 4.79 Å². The van der Waals surface area contributed by atoms with Gasteiger partial charge in [-0.25, -0.2) is 0 Å². The molecule has 1 aromatic carbocycles. The molecular weight excluding hydrogens is 362 g/mol. The van der Waals surface area contributed by atoms with Crippen molar-refractivity contribution >= 4 is 23.6 Å². The average Bonchev–Trinajstić information content (AvgIpc) is 2.87. The predicted octanol–water partition coefficient (Wildman–Crippen LogP) is 4.57. The number of carbonyl (C=O) groups excluding carboxylic acids is 1. The Morgan fingerprint density at radius 2 is 2.00 bits per heavy atom. The lowest BCUT2D eigenvalue weighted by atomic mass is 10.2. The number of aromatic nitrogens is 2. The number of amides is 1. The molecule has 1 amide bonds. The Kier molecular flexibility index (Phi) is 7.48. The topological polar surface area (TPSA) is 47.4 Å². The van der Waals surface area contributed by atoms with E-state index in [0.29, 0.717) is 24.2 Å². The van der Waals surface area contributed by atoms with Crippen LogP contribution in [-0.4, -0.2) is 34.2 Å². The second-order valence-corrected chi connectivity index (χ2v) is 7.33. The van der Waals surface area contributed by atoms with Crippen molar-refractivity contribution in [1.82, 2.24) is 14.7 Å². The summed E-state index contributed by atoms with van der Waals surface area (Å²) in [7, 11) is 1.78. The van der Waals surface area contributed by atoms with Gasteiger partial charge in [-0.2, -0.15) is 5.10 Å². The largest absolute Gasteiger partial charge is 0.494 e. The van der Waals surface area contributed by atoms with Crippen molar-refractivity contribution in [3.05, 3.63) is 52.3 Å². The van der Waals surface area contributed by atoms with Crippen LogP contribution in [-0.2, 0) is 17.9 Å². The fourth-order valence-electron chi connectivity index (χ4n) is 2.71. The fourth-order valence-corrected chi connectivity index (χ4v) is 3.02. The third-order valence-corrected chi connectivity index (χ3v) is 4.47. The molecule has 2 aromatic rings. The van der Waals surface area contributed by atoms with Crippen molar-refractivity contribution in [3.8, 4) is 5.75 Å². The third kappa shape index (κ3) is 5.86. The number of hydrogen-bond acceptors (Lipinski definition) is 3. The fraction of sp³-hybridized carbons (Fsp3) is 0.429. The first-order valence-corrected chi connectivity index (χ1v) is 9.57. The molecule has 0 N–H and O–H groups in total. The lowest BCUT2D eigenvalue weighted by Gasteiger charge is -2.15. The summed E-state index contributed by atoms with van der Waals surface area (Å²) in [6.07, 6.45) is 3.29. The quantitative estimate of drug-likeness (QED) is 0.621. The Hall–Kier alpha value is -2.27. The highest BCUT2D eigenvalue weighted by atomic mass is 35.5. The molecule has 0 unspecified atom stereocenters. The number of carbonyl (C=O) groups is 1. The van der Waals surface area contributed by atoms with Crippen molar-refractivity contribution in [1.29, 1.82) is 0 Å². The Labute approximate surface area is 166 Å². The SMILES string of the molecule is CCOc1ccc(CN(C)C(=O)/C=C/c2c(C)nn(CC(C)C)c2Cl)cc1. The van der Waals surface area contributed by atoms with Crippen LogP contribution >= 0.6 is 11.6 Å². The molecule has 0 aliphatic heterocycles. The second-order valence-electron chi connectivity index (χ2n) is 6.97. The number of nitrogens with zero attached hydrogens (tertiary/aromatic N) is 3. The van der Waals surface area contributed by atoms with Gasteiger partial charge in [-0.15, -0.1) is 0 Å². The highest BCUT2D eigenvalue weighted by Crippen LogP contribution is 2.22. The summed E-state index contributed by atoms with van der Waals surface area (Å²) in [5.74, 6) is 1.19. The van der Waals surface area contributed by atoms with Crippen molar-refractivity contribution in [3.63, 3.8) is 0 Å². The molecule has 1 aromatic heterocycles. The van der Waals surface area contributed by atoms with Gasteiger partial charge in [0.15, 0.2) is 0 Å². The van der Waals surface area contributed by atoms with Crippen molar-refractivity contribution < 1.29 is 9.53 Å². The van der Waals surface area contributed by atoms with Crippen LogP contribution in [0.4, 0.5) is 0 Å². The number of rotatable bonds is 8. The minimum Gasteiger partial charge on any atom is -0.494 e. The Balaban J connectivity index is 2.02. The first-order chi connectivity index (χ1) is 12.8. The van der Waals surface area contributed by atoms with E-state index in [1.54, 1.807) is 28.8 Å². The third-order valence-electron chi connectivity index (χ3n) is 4.07. The predicted molar refractivity (Wildman–Crippen MR) is 110 cm³/mol. The monoisotopic (exact) mass is 389 g/mol. The maximum absolute atomic E-state index is 12.4. The highest BCUT2D eigenvalue weighted by Gasteiger charge is 2.13. The van der Waals surface area contributed by atoms with E-state index >= 15 is 0 Å². The van der Waals surface area contributed by atoms with Crippen LogP contribution in [0.2, 0.25) is 5.15 Å². The van der Waals surface area contributed by atoms with Gasteiger partial charge in [0.2, 0.25) is 5.91 Å². The van der Waals surface area contributed by atoms with Crippen LogP contribution in [0.1, 0.15) is 37.6 Å². The van der Waals surface area contributed by atoms with Crippen LogP contribution < -0.4 is 4.74 Å². The summed E-state index contributed by atoms with van der Waals surface area (Å²) in [5.41, 5.74) is 2.65. The minimum absolute atomic E-state index is 0.0871. The summed E-state index contributed by atoms with van der Waals surface area (Å²) < 4.78 is 7.22. The van der Waals surface area contributed by atoms with E-state index in [2.05, 4.69) is 18.9 Å². The number of likely N-dealkylation sites (N-methyl/N-ethyl adjacent to an activating group) is 1. The van der Waals surface area contributed by atoms with Gasteiger partial charge < -0.3 is 9.64 Å². The van der Waals surface area contributed by atoms with Crippen molar-refractivity contribution in [2.45, 2.75) is 40.8 Å². The Morgan fingerprint density at radius 3 is 2.59 bits per heavy atom. The zero-order valence-electron chi connectivity index (χ0n) is 16.7. The van der Waals surface area contributed by atoms with Crippen LogP contribution in [0.5, 0.6) is 5.75 Å². The van der Waals surface area contributed by atoms with Gasteiger partial charge in [0.05, 0.1) is 12.3 Å². The molecule has 0 atom stereocenters. The zero-order chi connectivity index (χ0) is 20.0. The maximum Gasteiger partial charge on any atom is 0.246 e. The number of aryl methyl sites for hydroxylation is 1. The molecule has 146 valence electrons. The standard InChI is InChI=1S/C21H28ClN3O2/c1-6-27-18-9-7-17(8-10-18)14-24(5)20(26)12-11-19-16(4)23-25(21(19)22)13-15(2)3/h7-12,15H,6,13-14H2,1-5H3/b12-11+. The molecule has 5 nitrogen and oxygen atoms in total. The average molecular weight is 390 g/mol. The molecule has 0 saturated carbocycles. The molecule has 0 aliphatic rings. The van der Waals surface area contributed by atoms with Crippen LogP contribution in [0.25, 0.3) is 6.08 Å². The number of ether oxygens (including phenoxy) is 1. The molecule has 1 heterocycles. The van der Waals surface area contributed by atoms with Crippen LogP contribution in [0, 0.1) is 12.8 Å². The first kappa shape index (κ1) is 21.0. The van der Waals surface area contributed by atoms with Gasteiger partial charge in [-0.05, 0) is 43.5 Å². The Morgan fingerprint density at radius 1 is 1.33 bits per heavy atom. The molecule has 0 spiro atoms. The summed E-state index contributed by atoms with van der Waals surface area (Å²) in [6, 6.07) is 7.77. The van der Waals surface area contributed by atoms with E-state index < -0.39 is 0 Å². The van der Waals surface area contributed by atoms with Crippen LogP contribution in [0.3, 0.4) is 0 Å². The van der Waals surface area contributed by atoms with Gasteiger partial charge >= 0.3 is 0 Å². The van der Waals surface area contributed by atoms with E-state index in [-0.39, 0.29) is 5.91 Å². The summed E-state index contributed by atoms with van der Waals surface area (Å²) in [6.45, 7) is 9.99. The summed E-state index contributed by atoms with van der Waals surface area (Å²) >= 11 is 6.42. The zero-order valence-corrected chi connectivity index (χ0v) is 17.5. The van der Waals surface area contributed by atoms with E-state index in [0.717, 1.165) is 29.1 Å². The summed E-state index contributed by atoms with van der Waals surface area (Å²) in [4.78, 5) is 14.1. The van der Waals surface area contributed by atoms with Crippen LogP contribution in [0.15, 0.2) is 30.3 Å². The molecule has 27 heavy (non-hydrogen) atoms. The molecule has 0 fully saturated rings. The molecule has 0 bridgehead atoms. The smallest absolute Gasteiger partial charge is 0.246 e. The highest BCUT2D eigenvalue weighted by molar-refractivity contribution is 6.31. The van der Waals surface area contributed by atoms with Gasteiger partial charge in [-0.1, -0.05) is 37.6 Å². The maximum atomic E-state index is 12.4.